The lowest BCUT2D eigenvalue weighted by atomic mass is 10.1. The number of carbonyl (C=O) groups is 1. The van der Waals surface area contributed by atoms with Gasteiger partial charge in [0.05, 0.1) is 0 Å². The zero-order valence-electron chi connectivity index (χ0n) is 10.5. The first-order valence-corrected chi connectivity index (χ1v) is 8.03. The minimum absolute atomic E-state index is 0.274. The summed E-state index contributed by atoms with van der Waals surface area (Å²) in [6.07, 6.45) is 2.24. The Balaban J connectivity index is 1.95. The van der Waals surface area contributed by atoms with Crippen LogP contribution in [-0.2, 0) is 10.5 Å². The second-order valence-electron chi connectivity index (χ2n) is 4.40. The summed E-state index contributed by atoms with van der Waals surface area (Å²) in [5.41, 5.74) is 3.90. The third-order valence-electron chi connectivity index (χ3n) is 3.09. The molecule has 1 fully saturated rings. The van der Waals surface area contributed by atoms with E-state index in [4.69, 9.17) is 10.6 Å². The Bertz CT molecular complexity index is 450. The quantitative estimate of drug-likeness (QED) is 0.500. The molecule has 1 saturated heterocycles. The van der Waals surface area contributed by atoms with Gasteiger partial charge >= 0.3 is 0 Å². The van der Waals surface area contributed by atoms with Crippen molar-refractivity contribution in [1.29, 1.82) is 0 Å². The number of nitrogens with one attached hydrogen (secondary N) is 1. The first-order valence-electron chi connectivity index (χ1n) is 6.19. The number of benzene rings is 1. The summed E-state index contributed by atoms with van der Waals surface area (Å²) < 4.78 is 6.30. The Morgan fingerprint density at radius 2 is 2.21 bits per heavy atom. The van der Waals surface area contributed by atoms with E-state index < -0.39 is 0 Å². The van der Waals surface area contributed by atoms with Gasteiger partial charge < -0.3 is 4.74 Å². The summed E-state index contributed by atoms with van der Waals surface area (Å²) in [7, 11) is 0. The molecule has 0 aromatic heterocycles. The van der Waals surface area contributed by atoms with Crippen LogP contribution in [0, 0.1) is 0 Å². The lowest BCUT2D eigenvalue weighted by Gasteiger charge is -2.21. The molecule has 6 heteroatoms. The zero-order valence-corrected chi connectivity index (χ0v) is 12.9. The maximum atomic E-state index is 11.4. The molecule has 1 heterocycles. The van der Waals surface area contributed by atoms with Crippen molar-refractivity contribution in [3.8, 4) is 0 Å². The molecule has 0 spiro atoms. The summed E-state index contributed by atoms with van der Waals surface area (Å²) in [6, 6.07) is 5.58. The van der Waals surface area contributed by atoms with Crippen molar-refractivity contribution in [2.45, 2.75) is 23.8 Å². The third-order valence-corrected chi connectivity index (χ3v) is 5.25. The molecule has 0 radical (unpaired) electrons. The number of nitrogen functional groups attached to an aromatic ring is 1. The lowest BCUT2D eigenvalue weighted by molar-refractivity contribution is 0.0953. The van der Waals surface area contributed by atoms with E-state index in [1.807, 2.05) is 23.9 Å². The van der Waals surface area contributed by atoms with Gasteiger partial charge in [-0.2, -0.15) is 11.8 Å². The van der Waals surface area contributed by atoms with Gasteiger partial charge in [0.25, 0.3) is 5.91 Å². The first kappa shape index (κ1) is 14.8. The molecule has 104 valence electrons. The number of nitrogens with two attached hydrogens (primary N) is 1. The third kappa shape index (κ3) is 4.21. The zero-order chi connectivity index (χ0) is 13.7. The summed E-state index contributed by atoms with van der Waals surface area (Å²) in [6.45, 7) is 1.74. The molecule has 0 unspecified atom stereocenters. The highest BCUT2D eigenvalue weighted by molar-refractivity contribution is 9.10. The standard InChI is InChI=1S/C13H17BrN2O2S/c14-12-7-9(13(17)16-15)1-2-10(12)8-19-11-3-5-18-6-4-11/h1-2,7,11H,3-6,8,15H2,(H,16,17). The summed E-state index contributed by atoms with van der Waals surface area (Å²) >= 11 is 5.46. The minimum Gasteiger partial charge on any atom is -0.381 e. The van der Waals surface area contributed by atoms with Gasteiger partial charge in [-0.25, -0.2) is 5.84 Å². The van der Waals surface area contributed by atoms with E-state index in [2.05, 4.69) is 21.4 Å². The van der Waals surface area contributed by atoms with Crippen LogP contribution in [0.1, 0.15) is 28.8 Å². The normalized spacial score (nSPS) is 16.3. The highest BCUT2D eigenvalue weighted by Gasteiger charge is 2.15. The molecular formula is C13H17BrN2O2S. The van der Waals surface area contributed by atoms with Crippen molar-refractivity contribution in [3.05, 3.63) is 33.8 Å². The van der Waals surface area contributed by atoms with E-state index in [0.717, 1.165) is 36.3 Å². The van der Waals surface area contributed by atoms with Crippen LogP contribution >= 0.6 is 27.7 Å². The Kier molecular flexibility index (Phi) is 5.69. The number of hydrogen-bond donors (Lipinski definition) is 2. The number of thioether (sulfide) groups is 1. The van der Waals surface area contributed by atoms with Crippen molar-refractivity contribution in [2.75, 3.05) is 13.2 Å². The van der Waals surface area contributed by atoms with Crippen LogP contribution in [0.2, 0.25) is 0 Å². The fraction of sp³-hybridized carbons (Fsp3) is 0.462. The number of rotatable bonds is 4. The molecule has 19 heavy (non-hydrogen) atoms. The van der Waals surface area contributed by atoms with E-state index in [9.17, 15) is 4.79 Å². The van der Waals surface area contributed by atoms with E-state index in [-0.39, 0.29) is 5.91 Å². The lowest BCUT2D eigenvalue weighted by Crippen LogP contribution is -2.29. The van der Waals surface area contributed by atoms with Gasteiger partial charge in [-0.15, -0.1) is 0 Å². The molecular weight excluding hydrogens is 328 g/mol. The monoisotopic (exact) mass is 344 g/mol. The van der Waals surface area contributed by atoms with Crippen molar-refractivity contribution in [1.82, 2.24) is 5.43 Å². The Morgan fingerprint density at radius 3 is 2.84 bits per heavy atom. The van der Waals surface area contributed by atoms with Gasteiger partial charge in [0.1, 0.15) is 0 Å². The predicted octanol–water partition coefficient (Wildman–Crippen LogP) is 2.46. The molecule has 2 rings (SSSR count). The SMILES string of the molecule is NNC(=O)c1ccc(CSC2CCOCC2)c(Br)c1. The smallest absolute Gasteiger partial charge is 0.265 e. The average molecular weight is 345 g/mol. The topological polar surface area (TPSA) is 64.3 Å². The second kappa shape index (κ2) is 7.28. The van der Waals surface area contributed by atoms with Crippen molar-refractivity contribution < 1.29 is 9.53 Å². The number of hydrazine groups is 1. The number of amides is 1. The number of halogens is 1. The highest BCUT2D eigenvalue weighted by Crippen LogP contribution is 2.29. The summed E-state index contributed by atoms with van der Waals surface area (Å²) in [5.74, 6) is 5.78. The van der Waals surface area contributed by atoms with Crippen molar-refractivity contribution in [3.63, 3.8) is 0 Å². The average Bonchev–Trinajstić information content (AvgIpc) is 2.46. The van der Waals surface area contributed by atoms with E-state index in [1.54, 1.807) is 6.07 Å². The molecule has 1 aromatic rings. The molecule has 0 aliphatic carbocycles. The van der Waals surface area contributed by atoms with Crippen LogP contribution in [0.25, 0.3) is 0 Å². The van der Waals surface area contributed by atoms with Crippen LogP contribution < -0.4 is 11.3 Å². The van der Waals surface area contributed by atoms with Crippen LogP contribution in [0.15, 0.2) is 22.7 Å². The maximum Gasteiger partial charge on any atom is 0.265 e. The van der Waals surface area contributed by atoms with Crippen molar-refractivity contribution in [2.24, 2.45) is 5.84 Å². The van der Waals surface area contributed by atoms with Gasteiger partial charge in [0.15, 0.2) is 0 Å². The van der Waals surface area contributed by atoms with Gasteiger partial charge in [-0.1, -0.05) is 22.0 Å². The number of ether oxygens (including phenoxy) is 1. The van der Waals surface area contributed by atoms with E-state index >= 15 is 0 Å². The summed E-state index contributed by atoms with van der Waals surface area (Å²) in [5, 5.41) is 0.674. The summed E-state index contributed by atoms with van der Waals surface area (Å²) in [4.78, 5) is 11.4. The molecule has 4 nitrogen and oxygen atoms in total. The van der Waals surface area contributed by atoms with Gasteiger partial charge in [0, 0.05) is 34.3 Å². The molecule has 0 bridgehead atoms. The van der Waals surface area contributed by atoms with E-state index in [1.165, 1.54) is 5.56 Å². The van der Waals surface area contributed by atoms with Gasteiger partial charge in [-0.3, -0.25) is 10.2 Å². The molecule has 1 aliphatic heterocycles. The predicted molar refractivity (Wildman–Crippen MR) is 80.9 cm³/mol. The molecule has 0 atom stereocenters. The van der Waals surface area contributed by atoms with Crippen LogP contribution in [0.4, 0.5) is 0 Å². The number of carbonyl (C=O) groups excluding carboxylic acids is 1. The Morgan fingerprint density at radius 1 is 1.47 bits per heavy atom. The molecule has 1 aromatic carbocycles. The van der Waals surface area contributed by atoms with Crippen LogP contribution in [0.5, 0.6) is 0 Å². The largest absolute Gasteiger partial charge is 0.381 e. The molecule has 3 N–H and O–H groups in total. The van der Waals surface area contributed by atoms with Gasteiger partial charge in [-0.05, 0) is 30.5 Å². The second-order valence-corrected chi connectivity index (χ2v) is 6.55. The number of hydrogen-bond acceptors (Lipinski definition) is 4. The highest BCUT2D eigenvalue weighted by atomic mass is 79.9. The van der Waals surface area contributed by atoms with Crippen molar-refractivity contribution >= 4 is 33.6 Å². The van der Waals surface area contributed by atoms with Gasteiger partial charge in [0.2, 0.25) is 0 Å². The van der Waals surface area contributed by atoms with Crippen LogP contribution in [-0.4, -0.2) is 24.4 Å². The van der Waals surface area contributed by atoms with E-state index in [0.29, 0.717) is 10.8 Å². The fourth-order valence-electron chi connectivity index (χ4n) is 1.94. The Labute approximate surface area is 125 Å². The van der Waals surface area contributed by atoms with Crippen LogP contribution in [0.3, 0.4) is 0 Å². The molecule has 1 amide bonds. The fourth-order valence-corrected chi connectivity index (χ4v) is 3.84. The first-order chi connectivity index (χ1) is 9.20. The molecule has 1 aliphatic rings. The Hall–Kier alpha value is -0.560. The molecule has 0 saturated carbocycles. The maximum absolute atomic E-state index is 11.4. The minimum atomic E-state index is -0.274.